The molecule has 0 fully saturated rings. The lowest BCUT2D eigenvalue weighted by atomic mass is 10.1. The second-order valence-corrected chi connectivity index (χ2v) is 7.91. The molecule has 4 rings (SSSR count). The van der Waals surface area contributed by atoms with Crippen molar-refractivity contribution in [2.24, 2.45) is 0 Å². The Bertz CT molecular complexity index is 1050. The van der Waals surface area contributed by atoms with E-state index in [0.29, 0.717) is 23.0 Å². The molecule has 6 nitrogen and oxygen atoms in total. The van der Waals surface area contributed by atoms with E-state index in [-0.39, 0.29) is 24.5 Å². The third-order valence-electron chi connectivity index (χ3n) is 4.78. The Labute approximate surface area is 173 Å². The molecule has 0 saturated heterocycles. The van der Waals surface area contributed by atoms with E-state index in [1.54, 1.807) is 10.3 Å². The molecular weight excluding hydrogens is 386 g/mol. The first-order valence-electron chi connectivity index (χ1n) is 9.35. The number of fused-ring (bicyclic) bond motifs is 1. The molecular formula is C22H21N3O3S. The normalized spacial score (nSPS) is 14.1. The molecule has 0 unspecified atom stereocenters. The Morgan fingerprint density at radius 2 is 2.07 bits per heavy atom. The van der Waals surface area contributed by atoms with Crippen molar-refractivity contribution in [1.82, 2.24) is 10.3 Å². The standard InChI is InChI=1S/C22H21N3O3S/c1-14-8-9-18-19(10-14)28-12-21(26)25(18)11-20-24-17(13-29-20)22(27)23-15(2)16-6-4-3-5-7-16/h3-10,13,15H,11-12H2,1-2H3,(H,23,27)/t15-/m1/s1. The number of hydrogen-bond donors (Lipinski definition) is 1. The predicted octanol–water partition coefficient (Wildman–Crippen LogP) is 3.87. The van der Waals surface area contributed by atoms with Crippen LogP contribution < -0.4 is 15.0 Å². The predicted molar refractivity (Wildman–Crippen MR) is 112 cm³/mol. The summed E-state index contributed by atoms with van der Waals surface area (Å²) < 4.78 is 5.54. The van der Waals surface area contributed by atoms with Crippen molar-refractivity contribution in [2.75, 3.05) is 11.5 Å². The van der Waals surface area contributed by atoms with Gasteiger partial charge in [0.05, 0.1) is 18.3 Å². The second-order valence-electron chi connectivity index (χ2n) is 6.97. The van der Waals surface area contributed by atoms with Crippen LogP contribution >= 0.6 is 11.3 Å². The highest BCUT2D eigenvalue weighted by Gasteiger charge is 2.27. The minimum Gasteiger partial charge on any atom is -0.482 e. The molecule has 0 bridgehead atoms. The maximum Gasteiger partial charge on any atom is 0.271 e. The van der Waals surface area contributed by atoms with Gasteiger partial charge in [-0.2, -0.15) is 0 Å². The van der Waals surface area contributed by atoms with E-state index in [4.69, 9.17) is 4.74 Å². The van der Waals surface area contributed by atoms with E-state index in [1.807, 2.05) is 62.4 Å². The average Bonchev–Trinajstić information content (AvgIpc) is 3.19. The van der Waals surface area contributed by atoms with Crippen LogP contribution in [0.3, 0.4) is 0 Å². The summed E-state index contributed by atoms with van der Waals surface area (Å²) in [5.74, 6) is 0.337. The molecule has 148 valence electrons. The van der Waals surface area contributed by atoms with Gasteiger partial charge in [0.1, 0.15) is 16.5 Å². The summed E-state index contributed by atoms with van der Waals surface area (Å²) in [7, 11) is 0. The van der Waals surface area contributed by atoms with Gasteiger partial charge in [-0.25, -0.2) is 4.98 Å². The number of rotatable bonds is 5. The highest BCUT2D eigenvalue weighted by molar-refractivity contribution is 7.09. The Morgan fingerprint density at radius 1 is 1.28 bits per heavy atom. The van der Waals surface area contributed by atoms with Gasteiger partial charge >= 0.3 is 0 Å². The minimum absolute atomic E-state index is 0.00373. The summed E-state index contributed by atoms with van der Waals surface area (Å²) in [6.45, 7) is 4.23. The van der Waals surface area contributed by atoms with Crippen molar-refractivity contribution in [3.8, 4) is 5.75 Å². The molecule has 1 atom stereocenters. The van der Waals surface area contributed by atoms with E-state index in [2.05, 4.69) is 10.3 Å². The van der Waals surface area contributed by atoms with Crippen LogP contribution in [0.15, 0.2) is 53.9 Å². The zero-order valence-electron chi connectivity index (χ0n) is 16.2. The fourth-order valence-electron chi connectivity index (χ4n) is 3.20. The fourth-order valence-corrected chi connectivity index (χ4v) is 3.97. The molecule has 1 aromatic heterocycles. The lowest BCUT2D eigenvalue weighted by molar-refractivity contribution is -0.121. The molecule has 0 radical (unpaired) electrons. The van der Waals surface area contributed by atoms with Gasteiger partial charge in [-0.05, 0) is 37.1 Å². The molecule has 0 saturated carbocycles. The number of carbonyl (C=O) groups excluding carboxylic acids is 2. The summed E-state index contributed by atoms with van der Waals surface area (Å²) in [5.41, 5.74) is 3.18. The Kier molecular flexibility index (Phi) is 5.31. The number of benzene rings is 2. The molecule has 29 heavy (non-hydrogen) atoms. The summed E-state index contributed by atoms with van der Waals surface area (Å²) in [6.07, 6.45) is 0. The van der Waals surface area contributed by atoms with Crippen molar-refractivity contribution in [3.63, 3.8) is 0 Å². The summed E-state index contributed by atoms with van der Waals surface area (Å²) in [4.78, 5) is 31.1. The highest BCUT2D eigenvalue weighted by Crippen LogP contribution is 2.34. The van der Waals surface area contributed by atoms with E-state index >= 15 is 0 Å². The minimum atomic E-state index is -0.229. The first-order chi connectivity index (χ1) is 14.0. The largest absolute Gasteiger partial charge is 0.482 e. The number of nitrogens with one attached hydrogen (secondary N) is 1. The van der Waals surface area contributed by atoms with E-state index in [0.717, 1.165) is 16.8 Å². The fraction of sp³-hybridized carbons (Fsp3) is 0.227. The summed E-state index contributed by atoms with van der Waals surface area (Å²) >= 11 is 1.37. The number of hydrogen-bond acceptors (Lipinski definition) is 5. The Hall–Kier alpha value is -3.19. The topological polar surface area (TPSA) is 71.5 Å². The quantitative estimate of drug-likeness (QED) is 0.697. The average molecular weight is 407 g/mol. The van der Waals surface area contributed by atoms with Gasteiger partial charge in [-0.15, -0.1) is 11.3 Å². The van der Waals surface area contributed by atoms with Crippen LogP contribution in [-0.4, -0.2) is 23.4 Å². The highest BCUT2D eigenvalue weighted by atomic mass is 32.1. The number of nitrogens with zero attached hydrogens (tertiary/aromatic N) is 2. The van der Waals surface area contributed by atoms with Crippen LogP contribution in [0.2, 0.25) is 0 Å². The Morgan fingerprint density at radius 3 is 2.86 bits per heavy atom. The molecule has 1 N–H and O–H groups in total. The van der Waals surface area contributed by atoms with E-state index in [9.17, 15) is 9.59 Å². The van der Waals surface area contributed by atoms with Gasteiger partial charge < -0.3 is 10.1 Å². The van der Waals surface area contributed by atoms with Gasteiger partial charge in [-0.1, -0.05) is 36.4 Å². The number of carbonyl (C=O) groups is 2. The van der Waals surface area contributed by atoms with Gasteiger partial charge in [-0.3, -0.25) is 14.5 Å². The zero-order chi connectivity index (χ0) is 20.4. The number of amides is 2. The number of anilines is 1. The van der Waals surface area contributed by atoms with Crippen LogP contribution in [0, 0.1) is 6.92 Å². The lowest BCUT2D eigenvalue weighted by Gasteiger charge is -2.28. The maximum atomic E-state index is 12.6. The van der Waals surface area contributed by atoms with Gasteiger partial charge in [0.25, 0.3) is 11.8 Å². The summed E-state index contributed by atoms with van der Waals surface area (Å²) in [6, 6.07) is 15.4. The third kappa shape index (κ3) is 4.14. The van der Waals surface area contributed by atoms with Crippen LogP contribution in [0.25, 0.3) is 0 Å². The zero-order valence-corrected chi connectivity index (χ0v) is 17.0. The maximum absolute atomic E-state index is 12.6. The van der Waals surface area contributed by atoms with Crippen molar-refractivity contribution < 1.29 is 14.3 Å². The van der Waals surface area contributed by atoms with E-state index < -0.39 is 0 Å². The van der Waals surface area contributed by atoms with Crippen LogP contribution in [0.1, 0.15) is 39.6 Å². The van der Waals surface area contributed by atoms with Crippen molar-refractivity contribution >= 4 is 28.8 Å². The number of aromatic nitrogens is 1. The van der Waals surface area contributed by atoms with Gasteiger partial charge in [0, 0.05) is 5.38 Å². The smallest absolute Gasteiger partial charge is 0.271 e. The van der Waals surface area contributed by atoms with Crippen molar-refractivity contribution in [3.05, 3.63) is 75.7 Å². The first-order valence-corrected chi connectivity index (χ1v) is 10.2. The van der Waals surface area contributed by atoms with Crippen LogP contribution in [-0.2, 0) is 11.3 Å². The number of aryl methyl sites for hydroxylation is 1. The molecule has 7 heteroatoms. The van der Waals surface area contributed by atoms with Gasteiger partial charge in [0.2, 0.25) is 0 Å². The monoisotopic (exact) mass is 407 g/mol. The van der Waals surface area contributed by atoms with Crippen LogP contribution in [0.5, 0.6) is 5.75 Å². The second kappa shape index (κ2) is 8.05. The summed E-state index contributed by atoms with van der Waals surface area (Å²) in [5, 5.41) is 5.39. The first kappa shape index (κ1) is 19.1. The lowest BCUT2D eigenvalue weighted by Crippen LogP contribution is -2.38. The molecule has 2 heterocycles. The third-order valence-corrected chi connectivity index (χ3v) is 5.62. The van der Waals surface area contributed by atoms with E-state index in [1.165, 1.54) is 11.3 Å². The van der Waals surface area contributed by atoms with Crippen molar-refractivity contribution in [2.45, 2.75) is 26.4 Å². The molecule has 0 aliphatic carbocycles. The van der Waals surface area contributed by atoms with Gasteiger partial charge in [0.15, 0.2) is 6.61 Å². The number of ether oxygens (including phenoxy) is 1. The molecule has 3 aromatic rings. The molecule has 0 spiro atoms. The van der Waals surface area contributed by atoms with Crippen molar-refractivity contribution in [1.29, 1.82) is 0 Å². The SMILES string of the molecule is Cc1ccc2c(c1)OCC(=O)N2Cc1nc(C(=O)N[C@H](C)c2ccccc2)cs1. The molecule has 1 aliphatic heterocycles. The molecule has 2 aromatic carbocycles. The molecule has 2 amide bonds. The Balaban J connectivity index is 1.47. The molecule has 1 aliphatic rings. The van der Waals surface area contributed by atoms with Crippen LogP contribution in [0.4, 0.5) is 5.69 Å². The number of thiazole rings is 1.